The molecule has 0 spiro atoms. The van der Waals surface area contributed by atoms with Gasteiger partial charge in [-0.3, -0.25) is 9.69 Å². The molecule has 0 bridgehead atoms. The number of likely N-dealkylation sites (tertiary alicyclic amines) is 1. The number of hydrogen-bond acceptors (Lipinski definition) is 3. The average Bonchev–Trinajstić information content (AvgIpc) is 3.04. The Bertz CT molecular complexity index is 852. The summed E-state index contributed by atoms with van der Waals surface area (Å²) < 4.78 is 16.2. The lowest BCUT2D eigenvalue weighted by molar-refractivity contribution is 0.0952. The molecule has 3 rings (SSSR count). The number of carbonyl (C=O) groups is 1. The largest absolute Gasteiger partial charge is 0.354 e. The van der Waals surface area contributed by atoms with Gasteiger partial charge in [0, 0.05) is 31.9 Å². The van der Waals surface area contributed by atoms with Crippen LogP contribution >= 0.6 is 0 Å². The van der Waals surface area contributed by atoms with E-state index in [0.717, 1.165) is 31.5 Å². The molecule has 0 aliphatic carbocycles. The van der Waals surface area contributed by atoms with Crippen LogP contribution in [-0.2, 0) is 13.6 Å². The van der Waals surface area contributed by atoms with Gasteiger partial charge in [0.2, 0.25) is 0 Å². The molecule has 0 saturated carbocycles. The predicted octanol–water partition coefficient (Wildman–Crippen LogP) is 3.12. The molecule has 1 aliphatic rings. The minimum absolute atomic E-state index is 0.112. The number of amides is 1. The Morgan fingerprint density at radius 1 is 1.35 bits per heavy atom. The molecule has 1 aliphatic heterocycles. The number of nitriles is 1. The SMILES string of the molecule is CNC(=O)c1ccc([C@H]2CCCCN2Cc2ccc(C#N)cc2F)n1C. The zero-order chi connectivity index (χ0) is 18.7. The standard InChI is InChI=1S/C20H23FN4O/c1-23-20(26)19-9-8-17(24(19)2)18-5-3-4-10-25(18)13-15-7-6-14(12-22)11-16(15)21/h6-9,11,18H,3-5,10,13H2,1-2H3,(H,23,26)/t18-/m1/s1. The summed E-state index contributed by atoms with van der Waals surface area (Å²) in [5.41, 5.74) is 2.62. The lowest BCUT2D eigenvalue weighted by Crippen LogP contribution is -2.34. The Hall–Kier alpha value is -2.65. The van der Waals surface area contributed by atoms with Crippen molar-refractivity contribution in [3.8, 4) is 6.07 Å². The van der Waals surface area contributed by atoms with Crippen LogP contribution in [0.2, 0.25) is 0 Å². The normalized spacial score (nSPS) is 17.7. The molecule has 0 radical (unpaired) electrons. The topological polar surface area (TPSA) is 61.1 Å². The Balaban J connectivity index is 1.86. The maximum absolute atomic E-state index is 14.3. The van der Waals surface area contributed by atoms with Gasteiger partial charge in [-0.25, -0.2) is 4.39 Å². The molecule has 136 valence electrons. The number of aromatic nitrogens is 1. The summed E-state index contributed by atoms with van der Waals surface area (Å²) in [6.07, 6.45) is 3.15. The van der Waals surface area contributed by atoms with Crippen LogP contribution in [-0.4, -0.2) is 29.0 Å². The Morgan fingerprint density at radius 3 is 2.85 bits per heavy atom. The first-order chi connectivity index (χ1) is 12.5. The summed E-state index contributed by atoms with van der Waals surface area (Å²) in [5, 5.41) is 11.6. The van der Waals surface area contributed by atoms with Gasteiger partial charge in [0.1, 0.15) is 11.5 Å². The number of piperidine rings is 1. The third-order valence-corrected chi connectivity index (χ3v) is 5.13. The summed E-state index contributed by atoms with van der Waals surface area (Å²) in [7, 11) is 3.52. The number of carbonyl (C=O) groups excluding carboxylic acids is 1. The molecule has 26 heavy (non-hydrogen) atoms. The van der Waals surface area contributed by atoms with Crippen LogP contribution in [0.25, 0.3) is 0 Å². The fraction of sp³-hybridized carbons (Fsp3) is 0.400. The molecule has 1 fully saturated rings. The van der Waals surface area contributed by atoms with Crippen LogP contribution < -0.4 is 5.32 Å². The number of halogens is 1. The Morgan fingerprint density at radius 2 is 2.15 bits per heavy atom. The minimum atomic E-state index is -0.341. The highest BCUT2D eigenvalue weighted by Gasteiger charge is 2.28. The summed E-state index contributed by atoms with van der Waals surface area (Å²) in [4.78, 5) is 14.2. The molecular formula is C20H23FN4O. The molecule has 1 atom stereocenters. The molecule has 1 aromatic heterocycles. The molecule has 1 amide bonds. The van der Waals surface area contributed by atoms with Crippen LogP contribution in [0.4, 0.5) is 4.39 Å². The third kappa shape index (κ3) is 3.49. The summed E-state index contributed by atoms with van der Waals surface area (Å²) in [6.45, 7) is 1.37. The molecule has 2 heterocycles. The highest BCUT2D eigenvalue weighted by Crippen LogP contribution is 2.33. The summed E-state index contributed by atoms with van der Waals surface area (Å²) in [5.74, 6) is -0.453. The van der Waals surface area contributed by atoms with Gasteiger partial charge in [-0.15, -0.1) is 0 Å². The van der Waals surface area contributed by atoms with Gasteiger partial charge < -0.3 is 9.88 Å². The van der Waals surface area contributed by atoms with Crippen LogP contribution in [0.3, 0.4) is 0 Å². The number of rotatable bonds is 4. The van der Waals surface area contributed by atoms with E-state index in [4.69, 9.17) is 5.26 Å². The fourth-order valence-corrected chi connectivity index (χ4v) is 3.70. The van der Waals surface area contributed by atoms with Gasteiger partial charge in [-0.2, -0.15) is 5.26 Å². The van der Waals surface area contributed by atoms with E-state index in [1.807, 2.05) is 29.8 Å². The summed E-state index contributed by atoms with van der Waals surface area (Å²) in [6, 6.07) is 10.6. The molecule has 1 saturated heterocycles. The quantitative estimate of drug-likeness (QED) is 0.918. The van der Waals surface area contributed by atoms with Gasteiger partial charge in [0.25, 0.3) is 5.91 Å². The van der Waals surface area contributed by atoms with E-state index < -0.39 is 0 Å². The smallest absolute Gasteiger partial charge is 0.267 e. The van der Waals surface area contributed by atoms with Gasteiger partial charge in [0.15, 0.2) is 0 Å². The minimum Gasteiger partial charge on any atom is -0.354 e. The molecule has 1 N–H and O–H groups in total. The average molecular weight is 354 g/mol. The van der Waals surface area contributed by atoms with E-state index >= 15 is 0 Å². The number of nitrogens with zero attached hydrogens (tertiary/aromatic N) is 3. The van der Waals surface area contributed by atoms with Crippen molar-refractivity contribution in [1.29, 1.82) is 5.26 Å². The zero-order valence-electron chi connectivity index (χ0n) is 15.1. The van der Waals surface area contributed by atoms with Gasteiger partial charge in [-0.1, -0.05) is 12.5 Å². The van der Waals surface area contributed by atoms with Crippen LogP contribution in [0.15, 0.2) is 30.3 Å². The predicted molar refractivity (Wildman–Crippen MR) is 96.9 cm³/mol. The van der Waals surface area contributed by atoms with Gasteiger partial charge in [-0.05, 0) is 43.7 Å². The molecule has 0 unspecified atom stereocenters. The van der Waals surface area contributed by atoms with E-state index in [-0.39, 0.29) is 17.8 Å². The lowest BCUT2D eigenvalue weighted by atomic mass is 9.98. The van der Waals surface area contributed by atoms with E-state index in [1.165, 1.54) is 6.07 Å². The van der Waals surface area contributed by atoms with Crippen molar-refractivity contribution in [2.24, 2.45) is 7.05 Å². The van der Waals surface area contributed by atoms with E-state index in [0.29, 0.717) is 23.4 Å². The highest BCUT2D eigenvalue weighted by molar-refractivity contribution is 5.92. The Kier molecular flexibility index (Phi) is 5.38. The van der Waals surface area contributed by atoms with Crippen molar-refractivity contribution < 1.29 is 9.18 Å². The fourth-order valence-electron chi connectivity index (χ4n) is 3.70. The van der Waals surface area contributed by atoms with Crippen molar-refractivity contribution in [2.75, 3.05) is 13.6 Å². The number of hydrogen-bond donors (Lipinski definition) is 1. The number of nitrogens with one attached hydrogen (secondary N) is 1. The summed E-state index contributed by atoms with van der Waals surface area (Å²) >= 11 is 0. The number of benzene rings is 1. The van der Waals surface area contributed by atoms with E-state index in [1.54, 1.807) is 19.2 Å². The first-order valence-electron chi connectivity index (χ1n) is 8.85. The maximum atomic E-state index is 14.3. The van der Waals surface area contributed by atoms with Crippen LogP contribution in [0.1, 0.15) is 52.6 Å². The van der Waals surface area contributed by atoms with Crippen LogP contribution in [0, 0.1) is 17.1 Å². The first kappa shape index (κ1) is 18.2. The monoisotopic (exact) mass is 354 g/mol. The van der Waals surface area contributed by atoms with Crippen molar-refractivity contribution >= 4 is 5.91 Å². The van der Waals surface area contributed by atoms with E-state index in [9.17, 15) is 9.18 Å². The second-order valence-corrected chi connectivity index (χ2v) is 6.68. The highest BCUT2D eigenvalue weighted by atomic mass is 19.1. The van der Waals surface area contributed by atoms with Crippen molar-refractivity contribution in [2.45, 2.75) is 31.8 Å². The molecular weight excluding hydrogens is 331 g/mol. The molecule has 1 aromatic carbocycles. The zero-order valence-corrected chi connectivity index (χ0v) is 15.1. The molecule has 6 heteroatoms. The van der Waals surface area contributed by atoms with Crippen molar-refractivity contribution in [1.82, 2.24) is 14.8 Å². The van der Waals surface area contributed by atoms with Crippen LogP contribution in [0.5, 0.6) is 0 Å². The second kappa shape index (κ2) is 7.71. The van der Waals surface area contributed by atoms with Crippen molar-refractivity contribution in [3.63, 3.8) is 0 Å². The second-order valence-electron chi connectivity index (χ2n) is 6.68. The lowest BCUT2D eigenvalue weighted by Gasteiger charge is -2.36. The maximum Gasteiger partial charge on any atom is 0.267 e. The first-order valence-corrected chi connectivity index (χ1v) is 8.85. The van der Waals surface area contributed by atoms with Crippen molar-refractivity contribution in [3.05, 3.63) is 58.7 Å². The Labute approximate surface area is 153 Å². The van der Waals surface area contributed by atoms with Gasteiger partial charge in [0.05, 0.1) is 17.7 Å². The molecule has 5 nitrogen and oxygen atoms in total. The third-order valence-electron chi connectivity index (χ3n) is 5.13. The van der Waals surface area contributed by atoms with Gasteiger partial charge >= 0.3 is 0 Å². The molecule has 2 aromatic rings. The van der Waals surface area contributed by atoms with E-state index in [2.05, 4.69) is 10.2 Å².